The minimum atomic E-state index is -0.631. The minimum Gasteiger partial charge on any atom is -0.444 e. The second-order valence-electron chi connectivity index (χ2n) is 8.01. The average Bonchev–Trinajstić information content (AvgIpc) is 3.34. The van der Waals surface area contributed by atoms with Gasteiger partial charge in [0.1, 0.15) is 11.1 Å². The number of nitrogens with one attached hydrogen (secondary N) is 3. The van der Waals surface area contributed by atoms with E-state index in [2.05, 4.69) is 33.5 Å². The highest BCUT2D eigenvalue weighted by Gasteiger charge is 2.24. The number of hydrogen-bond donors (Lipinski definition) is 3. The molecule has 0 saturated heterocycles. The Morgan fingerprint density at radius 1 is 1.09 bits per heavy atom. The van der Waals surface area contributed by atoms with E-state index >= 15 is 0 Å². The summed E-state index contributed by atoms with van der Waals surface area (Å²) < 4.78 is 6.56. The third-order valence-corrected chi connectivity index (χ3v) is 5.77. The average molecular weight is 442 g/mol. The molecule has 0 aliphatic rings. The van der Waals surface area contributed by atoms with E-state index < -0.39 is 17.2 Å². The van der Waals surface area contributed by atoms with Crippen molar-refractivity contribution in [3.05, 3.63) is 98.0 Å². The lowest BCUT2D eigenvalue weighted by Gasteiger charge is -2.06. The summed E-state index contributed by atoms with van der Waals surface area (Å²) in [6.07, 6.45) is 2.56. The Hall–Kier alpha value is -4.33. The lowest BCUT2D eigenvalue weighted by Crippen LogP contribution is -2.34. The number of H-pyrrole nitrogens is 2. The van der Waals surface area contributed by atoms with Gasteiger partial charge in [0, 0.05) is 23.6 Å². The smallest absolute Gasteiger partial charge is 0.335 e. The predicted molar refractivity (Wildman–Crippen MR) is 126 cm³/mol. The third-order valence-electron chi connectivity index (χ3n) is 5.77. The maximum Gasteiger partial charge on any atom is 0.335 e. The molecule has 166 valence electrons. The van der Waals surface area contributed by atoms with E-state index in [4.69, 9.17) is 4.42 Å². The fourth-order valence-corrected chi connectivity index (χ4v) is 4.18. The summed E-state index contributed by atoms with van der Waals surface area (Å²) in [4.78, 5) is 44.6. The number of para-hydroxylation sites is 1. The molecule has 33 heavy (non-hydrogen) atoms. The Balaban J connectivity index is 1.45. The molecule has 0 atom stereocenters. The molecule has 2 aromatic carbocycles. The molecule has 5 aromatic rings. The molecular formula is C25H22N4O4. The highest BCUT2D eigenvalue weighted by atomic mass is 16.3. The number of furan rings is 1. The van der Waals surface area contributed by atoms with Gasteiger partial charge in [0.15, 0.2) is 0 Å². The van der Waals surface area contributed by atoms with E-state index in [1.165, 1.54) is 5.56 Å². The van der Waals surface area contributed by atoms with Crippen LogP contribution in [0.1, 0.15) is 27.2 Å². The van der Waals surface area contributed by atoms with Gasteiger partial charge in [0.2, 0.25) is 5.71 Å². The van der Waals surface area contributed by atoms with Crippen molar-refractivity contribution >= 4 is 27.9 Å². The summed E-state index contributed by atoms with van der Waals surface area (Å²) >= 11 is 0. The maximum atomic E-state index is 13.2. The van der Waals surface area contributed by atoms with E-state index in [1.807, 2.05) is 13.1 Å². The number of hydrogen-bond acceptors (Lipinski definition) is 4. The first kappa shape index (κ1) is 20.6. The largest absolute Gasteiger partial charge is 0.444 e. The van der Waals surface area contributed by atoms with Crippen LogP contribution in [-0.2, 0) is 6.42 Å². The molecule has 0 radical (unpaired) electrons. The highest BCUT2D eigenvalue weighted by Crippen LogP contribution is 2.22. The van der Waals surface area contributed by atoms with Crippen molar-refractivity contribution in [1.82, 2.24) is 19.9 Å². The van der Waals surface area contributed by atoms with Gasteiger partial charge >= 0.3 is 5.69 Å². The summed E-state index contributed by atoms with van der Waals surface area (Å²) in [6.45, 7) is 4.01. The summed E-state index contributed by atoms with van der Waals surface area (Å²) in [7, 11) is 0. The first-order chi connectivity index (χ1) is 15.9. The van der Waals surface area contributed by atoms with E-state index in [9.17, 15) is 14.4 Å². The summed E-state index contributed by atoms with van der Waals surface area (Å²) in [5, 5.41) is 4.05. The number of carbonyl (C=O) groups excluding carboxylic acids is 1. The van der Waals surface area contributed by atoms with Crippen molar-refractivity contribution in [3.63, 3.8) is 0 Å². The molecule has 5 rings (SSSR count). The molecule has 1 amide bonds. The Bertz CT molecular complexity index is 1620. The van der Waals surface area contributed by atoms with Gasteiger partial charge in [-0.2, -0.15) is 0 Å². The minimum absolute atomic E-state index is 0.00757. The van der Waals surface area contributed by atoms with Gasteiger partial charge in [-0.3, -0.25) is 14.6 Å². The molecule has 0 saturated carbocycles. The second-order valence-corrected chi connectivity index (χ2v) is 8.01. The maximum absolute atomic E-state index is 13.2. The molecule has 0 aliphatic heterocycles. The number of aryl methyl sites for hydroxylation is 2. The van der Waals surface area contributed by atoms with E-state index in [-0.39, 0.29) is 22.4 Å². The van der Waals surface area contributed by atoms with Crippen molar-refractivity contribution in [2.75, 3.05) is 6.54 Å². The summed E-state index contributed by atoms with van der Waals surface area (Å²) in [6, 6.07) is 14.7. The first-order valence-corrected chi connectivity index (χ1v) is 10.6. The van der Waals surface area contributed by atoms with Gasteiger partial charge in [-0.15, -0.1) is 0 Å². The van der Waals surface area contributed by atoms with E-state index in [1.54, 1.807) is 37.3 Å². The van der Waals surface area contributed by atoms with Crippen LogP contribution in [0.2, 0.25) is 0 Å². The molecule has 0 aliphatic carbocycles. The number of amides is 1. The summed E-state index contributed by atoms with van der Waals surface area (Å²) in [5.41, 5.74) is 2.62. The molecule has 8 nitrogen and oxygen atoms in total. The fourth-order valence-electron chi connectivity index (χ4n) is 4.18. The molecule has 0 unspecified atom stereocenters. The molecule has 3 aromatic heterocycles. The zero-order valence-electron chi connectivity index (χ0n) is 18.2. The molecule has 8 heteroatoms. The Kier molecular flexibility index (Phi) is 4.97. The quantitative estimate of drug-likeness (QED) is 0.387. The number of aromatic nitrogens is 3. The van der Waals surface area contributed by atoms with Crippen LogP contribution in [0, 0.1) is 13.8 Å². The van der Waals surface area contributed by atoms with Crippen molar-refractivity contribution in [3.8, 4) is 5.69 Å². The molecule has 0 spiro atoms. The van der Waals surface area contributed by atoms with Crippen LogP contribution in [0.3, 0.4) is 0 Å². The van der Waals surface area contributed by atoms with Gasteiger partial charge in [-0.1, -0.05) is 30.3 Å². The first-order valence-electron chi connectivity index (χ1n) is 10.6. The number of rotatable bonds is 5. The third kappa shape index (κ3) is 3.55. The van der Waals surface area contributed by atoms with Gasteiger partial charge in [-0.25, -0.2) is 9.36 Å². The molecule has 0 bridgehead atoms. The van der Waals surface area contributed by atoms with Gasteiger partial charge in [0.25, 0.3) is 11.5 Å². The number of aromatic amines is 2. The molecule has 0 fully saturated rings. The fraction of sp³-hybridized carbons (Fsp3) is 0.160. The van der Waals surface area contributed by atoms with Crippen LogP contribution < -0.4 is 16.6 Å². The SMILES string of the molecule is Cc1ccc2c(CCNC(=O)c3c(C)oc4[nH]c(=O)n(-c5ccccc5)c(=O)c34)c[nH]c2c1. The van der Waals surface area contributed by atoms with Gasteiger partial charge in [-0.05, 0) is 49.6 Å². The topological polar surface area (TPSA) is 113 Å². The normalized spacial score (nSPS) is 11.3. The van der Waals surface area contributed by atoms with Crippen LogP contribution in [0.15, 0.2) is 68.7 Å². The molecule has 3 N–H and O–H groups in total. The van der Waals surface area contributed by atoms with Crippen molar-refractivity contribution in [2.45, 2.75) is 20.3 Å². The van der Waals surface area contributed by atoms with Crippen molar-refractivity contribution < 1.29 is 9.21 Å². The number of carbonyl (C=O) groups is 1. The van der Waals surface area contributed by atoms with Crippen LogP contribution in [0.4, 0.5) is 0 Å². The van der Waals surface area contributed by atoms with Crippen molar-refractivity contribution in [2.24, 2.45) is 0 Å². The summed E-state index contributed by atoms with van der Waals surface area (Å²) in [5.74, 6) is -0.158. The Labute approximate surface area is 187 Å². The molecule has 3 heterocycles. The Morgan fingerprint density at radius 2 is 1.88 bits per heavy atom. The van der Waals surface area contributed by atoms with Crippen molar-refractivity contribution in [1.29, 1.82) is 0 Å². The Morgan fingerprint density at radius 3 is 2.67 bits per heavy atom. The lowest BCUT2D eigenvalue weighted by molar-refractivity contribution is 0.0954. The molecular weight excluding hydrogens is 420 g/mol. The number of fused-ring (bicyclic) bond motifs is 2. The monoisotopic (exact) mass is 442 g/mol. The van der Waals surface area contributed by atoms with Crippen LogP contribution in [0.25, 0.3) is 27.7 Å². The highest BCUT2D eigenvalue weighted by molar-refractivity contribution is 6.06. The second kappa shape index (κ2) is 7.98. The van der Waals surface area contributed by atoms with Crippen LogP contribution in [-0.4, -0.2) is 27.0 Å². The van der Waals surface area contributed by atoms with Gasteiger partial charge in [0.05, 0.1) is 11.3 Å². The standard InChI is InChI=1S/C25H22N4O4/c1-14-8-9-18-16(13-27-19(18)12-14)10-11-26-22(30)20-15(2)33-23-21(20)24(31)29(25(32)28-23)17-6-4-3-5-7-17/h3-9,12-13,27H,10-11H2,1-2H3,(H,26,30)(H,28,32). The predicted octanol–water partition coefficient (Wildman–Crippen LogP) is 3.34. The van der Waals surface area contributed by atoms with Gasteiger partial charge < -0.3 is 14.7 Å². The number of nitrogens with zero attached hydrogens (tertiary/aromatic N) is 1. The van der Waals surface area contributed by atoms with E-state index in [0.717, 1.165) is 21.0 Å². The number of benzene rings is 2. The zero-order valence-corrected chi connectivity index (χ0v) is 18.2. The zero-order chi connectivity index (χ0) is 23.1. The lowest BCUT2D eigenvalue weighted by atomic mass is 10.1. The van der Waals surface area contributed by atoms with E-state index in [0.29, 0.717) is 18.7 Å². The van der Waals surface area contributed by atoms with Crippen LogP contribution in [0.5, 0.6) is 0 Å². The van der Waals surface area contributed by atoms with Crippen LogP contribution >= 0.6 is 0 Å².